The first-order valence-corrected chi connectivity index (χ1v) is 8.64. The van der Waals surface area contributed by atoms with Crippen LogP contribution in [0.5, 0.6) is 0 Å². The van der Waals surface area contributed by atoms with E-state index in [1.807, 2.05) is 6.92 Å². The minimum atomic E-state index is -2.62. The maximum Gasteiger partial charge on any atom is 0.306 e. The van der Waals surface area contributed by atoms with Gasteiger partial charge >= 0.3 is 5.97 Å². The molecule has 0 aromatic heterocycles. The van der Waals surface area contributed by atoms with E-state index in [9.17, 15) is 9.36 Å². The van der Waals surface area contributed by atoms with Gasteiger partial charge in [0.15, 0.2) is 0 Å². The van der Waals surface area contributed by atoms with Gasteiger partial charge in [-0.3, -0.25) is 9.36 Å². The first-order chi connectivity index (χ1) is 8.02. The molecule has 0 radical (unpaired) electrons. The highest BCUT2D eigenvalue weighted by molar-refractivity contribution is 7.58. The Morgan fingerprint density at radius 2 is 1.71 bits per heavy atom. The lowest BCUT2D eigenvalue weighted by atomic mass is 10.4. The molecule has 1 atom stereocenters. The van der Waals surface area contributed by atoms with Crippen molar-refractivity contribution in [3.8, 4) is 0 Å². The van der Waals surface area contributed by atoms with E-state index in [1.54, 1.807) is 6.66 Å². The number of hydrogen-bond acceptors (Lipinski definition) is 4. The molecule has 17 heavy (non-hydrogen) atoms. The van der Waals surface area contributed by atoms with Crippen LogP contribution in [0.1, 0.15) is 46.0 Å². The summed E-state index contributed by atoms with van der Waals surface area (Å²) in [6.07, 6.45) is 4.26. The van der Waals surface area contributed by atoms with Crippen molar-refractivity contribution in [2.75, 3.05) is 26.0 Å². The molecule has 102 valence electrons. The number of carbonyl (C=O) groups is 1. The lowest BCUT2D eigenvalue weighted by Gasteiger charge is -2.13. The van der Waals surface area contributed by atoms with Crippen molar-refractivity contribution >= 4 is 13.3 Å². The number of carbonyl (C=O) groups excluding carboxylic acids is 1. The van der Waals surface area contributed by atoms with E-state index in [2.05, 4.69) is 6.92 Å². The van der Waals surface area contributed by atoms with E-state index in [0.717, 1.165) is 25.7 Å². The zero-order valence-electron chi connectivity index (χ0n) is 11.2. The average molecular weight is 264 g/mol. The number of esters is 1. The Hall–Kier alpha value is -0.340. The van der Waals surface area contributed by atoms with Gasteiger partial charge in [-0.25, -0.2) is 0 Å². The molecule has 0 heterocycles. The molecule has 0 aliphatic heterocycles. The van der Waals surface area contributed by atoms with E-state index in [1.165, 1.54) is 0 Å². The van der Waals surface area contributed by atoms with Gasteiger partial charge in [0.2, 0.25) is 7.37 Å². The average Bonchev–Trinajstić information content (AvgIpc) is 2.27. The molecule has 1 unspecified atom stereocenters. The summed E-state index contributed by atoms with van der Waals surface area (Å²) in [6.45, 7) is 6.64. The highest BCUT2D eigenvalue weighted by atomic mass is 31.2. The molecule has 0 spiro atoms. The first kappa shape index (κ1) is 16.7. The quantitative estimate of drug-likeness (QED) is 0.344. The third-order valence-electron chi connectivity index (χ3n) is 2.35. The van der Waals surface area contributed by atoms with Crippen molar-refractivity contribution in [3.63, 3.8) is 0 Å². The van der Waals surface area contributed by atoms with Gasteiger partial charge in [-0.1, -0.05) is 26.7 Å². The normalized spacial score (nSPS) is 14.3. The molecule has 0 fully saturated rings. The Morgan fingerprint density at radius 1 is 1.12 bits per heavy atom. The van der Waals surface area contributed by atoms with Crippen molar-refractivity contribution in [3.05, 3.63) is 0 Å². The second-order valence-corrected chi connectivity index (χ2v) is 6.98. The summed E-state index contributed by atoms with van der Waals surface area (Å²) in [7, 11) is -2.62. The van der Waals surface area contributed by atoms with Crippen molar-refractivity contribution in [1.82, 2.24) is 0 Å². The molecule has 0 N–H and O–H groups in total. The van der Waals surface area contributed by atoms with E-state index in [0.29, 0.717) is 13.2 Å². The lowest BCUT2D eigenvalue weighted by molar-refractivity contribution is -0.143. The minimum absolute atomic E-state index is 0.184. The summed E-state index contributed by atoms with van der Waals surface area (Å²) in [6, 6.07) is 0. The molecule has 0 aliphatic rings. The van der Waals surface area contributed by atoms with E-state index in [-0.39, 0.29) is 18.6 Å². The van der Waals surface area contributed by atoms with Gasteiger partial charge < -0.3 is 9.26 Å². The summed E-state index contributed by atoms with van der Waals surface area (Å²) in [5.74, 6) is -0.278. The third-order valence-corrected chi connectivity index (χ3v) is 4.11. The standard InChI is InChI=1S/C12H25O4P/c1-4-6-9-15-12(13)8-11-17(3,14)16-10-7-5-2/h4-11H2,1-3H3. The van der Waals surface area contributed by atoms with Crippen LogP contribution in [0, 0.1) is 0 Å². The monoisotopic (exact) mass is 264 g/mol. The van der Waals surface area contributed by atoms with E-state index < -0.39 is 7.37 Å². The molecule has 0 rings (SSSR count). The predicted molar refractivity (Wildman–Crippen MR) is 69.7 cm³/mol. The van der Waals surface area contributed by atoms with Gasteiger partial charge in [0.05, 0.1) is 19.6 Å². The van der Waals surface area contributed by atoms with Crippen LogP contribution in [0.25, 0.3) is 0 Å². The first-order valence-electron chi connectivity index (χ1n) is 6.38. The zero-order chi connectivity index (χ0) is 13.1. The third kappa shape index (κ3) is 10.5. The molecule has 0 aliphatic carbocycles. The molecular weight excluding hydrogens is 239 g/mol. The van der Waals surface area contributed by atoms with Gasteiger partial charge in [0.25, 0.3) is 0 Å². The molecule has 0 bridgehead atoms. The Morgan fingerprint density at radius 3 is 2.29 bits per heavy atom. The topological polar surface area (TPSA) is 52.6 Å². The summed E-state index contributed by atoms with van der Waals surface area (Å²) >= 11 is 0. The predicted octanol–water partition coefficient (Wildman–Crippen LogP) is 3.44. The van der Waals surface area contributed by atoms with Gasteiger partial charge in [-0.2, -0.15) is 0 Å². The highest BCUT2D eigenvalue weighted by Crippen LogP contribution is 2.43. The minimum Gasteiger partial charge on any atom is -0.466 e. The van der Waals surface area contributed by atoms with Crippen LogP contribution < -0.4 is 0 Å². The maximum absolute atomic E-state index is 11.9. The summed E-state index contributed by atoms with van der Waals surface area (Å²) in [4.78, 5) is 11.3. The molecule has 5 heteroatoms. The Labute approximate surface area is 105 Å². The van der Waals surface area contributed by atoms with Gasteiger partial charge in [0.1, 0.15) is 0 Å². The fourth-order valence-corrected chi connectivity index (χ4v) is 2.40. The second kappa shape index (κ2) is 9.67. The molecule has 0 aromatic rings. The van der Waals surface area contributed by atoms with Crippen molar-refractivity contribution < 1.29 is 18.6 Å². The summed E-state index contributed by atoms with van der Waals surface area (Å²) in [5.41, 5.74) is 0. The van der Waals surface area contributed by atoms with Crippen LogP contribution in [0.15, 0.2) is 0 Å². The van der Waals surface area contributed by atoms with Crippen LogP contribution in [-0.4, -0.2) is 32.0 Å². The van der Waals surface area contributed by atoms with Gasteiger partial charge in [-0.05, 0) is 12.8 Å². The van der Waals surface area contributed by atoms with Crippen molar-refractivity contribution in [1.29, 1.82) is 0 Å². The highest BCUT2D eigenvalue weighted by Gasteiger charge is 2.18. The Balaban J connectivity index is 3.69. The van der Waals surface area contributed by atoms with Crippen LogP contribution in [0.4, 0.5) is 0 Å². The SMILES string of the molecule is CCCCOC(=O)CCP(C)(=O)OCCCC. The fraction of sp³-hybridized carbons (Fsp3) is 0.917. The molecule has 0 aromatic carbocycles. The molecule has 0 saturated carbocycles. The van der Waals surface area contributed by atoms with E-state index in [4.69, 9.17) is 9.26 Å². The Kier molecular flexibility index (Phi) is 9.47. The maximum atomic E-state index is 11.9. The smallest absolute Gasteiger partial charge is 0.306 e. The largest absolute Gasteiger partial charge is 0.466 e. The molecule has 0 saturated heterocycles. The molecular formula is C12H25O4P. The second-order valence-electron chi connectivity index (χ2n) is 4.25. The zero-order valence-corrected chi connectivity index (χ0v) is 12.1. The van der Waals surface area contributed by atoms with Crippen LogP contribution in [-0.2, 0) is 18.6 Å². The number of unbranched alkanes of at least 4 members (excludes halogenated alkanes) is 2. The van der Waals surface area contributed by atoms with Crippen molar-refractivity contribution in [2.24, 2.45) is 0 Å². The summed E-state index contributed by atoms with van der Waals surface area (Å²) < 4.78 is 22.2. The van der Waals surface area contributed by atoms with Gasteiger partial charge in [-0.15, -0.1) is 0 Å². The molecule has 4 nitrogen and oxygen atoms in total. The molecule has 0 amide bonds. The van der Waals surface area contributed by atoms with E-state index >= 15 is 0 Å². The van der Waals surface area contributed by atoms with Crippen LogP contribution >= 0.6 is 7.37 Å². The lowest BCUT2D eigenvalue weighted by Crippen LogP contribution is -2.08. The number of rotatable bonds is 10. The van der Waals surface area contributed by atoms with Crippen LogP contribution in [0.3, 0.4) is 0 Å². The fourth-order valence-electron chi connectivity index (χ4n) is 1.16. The number of hydrogen-bond donors (Lipinski definition) is 0. The Bertz CT molecular complexity index is 253. The van der Waals surface area contributed by atoms with Crippen LogP contribution in [0.2, 0.25) is 0 Å². The summed E-state index contributed by atoms with van der Waals surface area (Å²) in [5, 5.41) is 0. The van der Waals surface area contributed by atoms with Gasteiger partial charge in [0, 0.05) is 12.8 Å². The number of ether oxygens (including phenoxy) is 1. The van der Waals surface area contributed by atoms with Crippen molar-refractivity contribution in [2.45, 2.75) is 46.0 Å².